The Hall–Kier alpha value is -2.24. The van der Waals surface area contributed by atoms with Crippen LogP contribution >= 0.6 is 0 Å². The second-order valence-corrected chi connectivity index (χ2v) is 7.19. The summed E-state index contributed by atoms with van der Waals surface area (Å²) < 4.78 is 86.4. The van der Waals surface area contributed by atoms with E-state index >= 15 is 0 Å². The first-order valence-corrected chi connectivity index (χ1v) is 8.30. The van der Waals surface area contributed by atoms with Gasteiger partial charge >= 0.3 is 12.4 Å². The van der Waals surface area contributed by atoms with Crippen LogP contribution < -0.4 is 9.80 Å². The largest absolute Gasteiger partial charge is 0.448 e. The van der Waals surface area contributed by atoms with E-state index in [1.165, 1.54) is 21.9 Å². The molecular formula is C18H18F6N2O3. The summed E-state index contributed by atoms with van der Waals surface area (Å²) in [6.07, 6.45) is -11.3. The minimum absolute atomic E-state index is 0.00338. The van der Waals surface area contributed by atoms with E-state index in [1.54, 1.807) is 28.2 Å². The molecular weight excluding hydrogens is 406 g/mol. The van der Waals surface area contributed by atoms with Gasteiger partial charge in [-0.15, -0.1) is 0 Å². The van der Waals surface area contributed by atoms with E-state index in [0.29, 0.717) is 11.4 Å². The van der Waals surface area contributed by atoms with E-state index < -0.39 is 40.4 Å². The molecule has 0 bridgehead atoms. The van der Waals surface area contributed by atoms with Crippen molar-refractivity contribution in [1.82, 2.24) is 0 Å². The van der Waals surface area contributed by atoms with Gasteiger partial charge in [-0.25, -0.2) is 0 Å². The molecule has 11 heteroatoms. The fourth-order valence-electron chi connectivity index (χ4n) is 3.51. The molecule has 1 aliphatic rings. The summed E-state index contributed by atoms with van der Waals surface area (Å²) in [6, 6.07) is 4.19. The van der Waals surface area contributed by atoms with Gasteiger partial charge < -0.3 is 20.0 Å². The first-order chi connectivity index (χ1) is 13.1. The molecule has 0 fully saturated rings. The monoisotopic (exact) mass is 424 g/mol. The highest BCUT2D eigenvalue weighted by Crippen LogP contribution is 2.57. The summed E-state index contributed by atoms with van der Waals surface area (Å²) in [4.78, 5) is 3.01. The van der Waals surface area contributed by atoms with Crippen LogP contribution in [0.3, 0.4) is 0 Å². The maximum Gasteiger partial charge on any atom is 0.448 e. The number of aliphatic hydroxyl groups is 2. The average Bonchev–Trinajstić information content (AvgIpc) is 2.56. The van der Waals surface area contributed by atoms with Gasteiger partial charge in [0.15, 0.2) is 0 Å². The molecule has 0 amide bonds. The quantitative estimate of drug-likeness (QED) is 0.724. The number of hydrogen-bond acceptors (Lipinski definition) is 5. The van der Waals surface area contributed by atoms with E-state index in [-0.39, 0.29) is 5.39 Å². The summed E-state index contributed by atoms with van der Waals surface area (Å²) in [7, 11) is 6.26. The summed E-state index contributed by atoms with van der Waals surface area (Å²) in [5.74, 6) is -8.75. The van der Waals surface area contributed by atoms with Gasteiger partial charge in [0, 0.05) is 61.5 Å². The predicted molar refractivity (Wildman–Crippen MR) is 93.6 cm³/mol. The molecule has 0 saturated carbocycles. The van der Waals surface area contributed by atoms with Crippen LogP contribution in [-0.4, -0.2) is 50.8 Å². The normalized spacial score (nSPS) is 24.7. The van der Waals surface area contributed by atoms with Crippen molar-refractivity contribution in [3.05, 3.63) is 35.4 Å². The molecule has 1 aliphatic heterocycles. The molecule has 0 spiro atoms. The van der Waals surface area contributed by atoms with Gasteiger partial charge in [0.2, 0.25) is 0 Å². The summed E-state index contributed by atoms with van der Waals surface area (Å²) >= 11 is 0. The number of rotatable bonds is 2. The molecule has 2 aromatic rings. The smallest absolute Gasteiger partial charge is 0.377 e. The number of nitrogens with zero attached hydrogens (tertiary/aromatic N) is 2. The second-order valence-electron chi connectivity index (χ2n) is 7.19. The number of benzene rings is 2. The molecule has 0 radical (unpaired) electrons. The highest BCUT2D eigenvalue weighted by molar-refractivity contribution is 6.07. The molecule has 2 atom stereocenters. The molecule has 2 aromatic carbocycles. The Kier molecular flexibility index (Phi) is 4.54. The second kappa shape index (κ2) is 6.13. The molecule has 3 rings (SSSR count). The van der Waals surface area contributed by atoms with Gasteiger partial charge in [-0.2, -0.15) is 26.3 Å². The van der Waals surface area contributed by atoms with Crippen molar-refractivity contribution >= 4 is 22.1 Å². The van der Waals surface area contributed by atoms with Gasteiger partial charge in [-0.1, -0.05) is 12.1 Å². The van der Waals surface area contributed by atoms with Gasteiger partial charge in [-0.05, 0) is 12.1 Å². The van der Waals surface area contributed by atoms with Crippen LogP contribution in [0.1, 0.15) is 11.1 Å². The van der Waals surface area contributed by atoms with Gasteiger partial charge in [0.05, 0.1) is 0 Å². The predicted octanol–water partition coefficient (Wildman–Crippen LogP) is 3.42. The van der Waals surface area contributed by atoms with Crippen molar-refractivity contribution in [3.63, 3.8) is 0 Å². The van der Waals surface area contributed by atoms with Crippen LogP contribution in [0.2, 0.25) is 0 Å². The fraction of sp³-hybridized carbons (Fsp3) is 0.444. The lowest BCUT2D eigenvalue weighted by molar-refractivity contribution is -0.487. The van der Waals surface area contributed by atoms with Crippen LogP contribution in [0.4, 0.5) is 37.7 Å². The fourth-order valence-corrected chi connectivity index (χ4v) is 3.51. The maximum atomic E-state index is 13.7. The first kappa shape index (κ1) is 21.5. The lowest BCUT2D eigenvalue weighted by Crippen LogP contribution is -2.58. The van der Waals surface area contributed by atoms with E-state index in [2.05, 4.69) is 4.74 Å². The first-order valence-electron chi connectivity index (χ1n) is 8.30. The standard InChI is InChI=1S/C18H18F6N2O3/c1-25(2)11-7-5-9-13-10(6-8-12(14(11)13)26(3)4)16(28,18(22,23)24)29-15(9,27)17(19,20)21/h5-8,27-28H,1-4H3/t15-,16+. The number of alkyl halides is 6. The molecule has 0 aromatic heterocycles. The maximum absolute atomic E-state index is 13.7. The van der Waals surface area contributed by atoms with E-state index in [4.69, 9.17) is 0 Å². The molecule has 0 unspecified atom stereocenters. The Morgan fingerprint density at radius 3 is 1.31 bits per heavy atom. The number of anilines is 2. The van der Waals surface area contributed by atoms with E-state index in [1.807, 2.05) is 0 Å². The topological polar surface area (TPSA) is 56.2 Å². The average molecular weight is 424 g/mol. The van der Waals surface area contributed by atoms with Crippen molar-refractivity contribution in [2.45, 2.75) is 23.9 Å². The molecule has 2 N–H and O–H groups in total. The Labute approximate surface area is 161 Å². The Morgan fingerprint density at radius 2 is 1.03 bits per heavy atom. The highest BCUT2D eigenvalue weighted by atomic mass is 19.4. The van der Waals surface area contributed by atoms with E-state index in [9.17, 15) is 36.6 Å². The van der Waals surface area contributed by atoms with Crippen LogP contribution in [0.5, 0.6) is 0 Å². The summed E-state index contributed by atoms with van der Waals surface area (Å²) in [5, 5.41) is 20.0. The third-order valence-electron chi connectivity index (χ3n) is 4.87. The third-order valence-corrected chi connectivity index (χ3v) is 4.87. The van der Waals surface area contributed by atoms with Crippen molar-refractivity contribution in [2.24, 2.45) is 0 Å². The highest BCUT2D eigenvalue weighted by Gasteiger charge is 2.70. The Morgan fingerprint density at radius 1 is 0.690 bits per heavy atom. The zero-order chi connectivity index (χ0) is 22.2. The summed E-state index contributed by atoms with van der Waals surface area (Å²) in [5.41, 5.74) is -1.27. The van der Waals surface area contributed by atoms with Gasteiger partial charge in [-0.3, -0.25) is 4.74 Å². The molecule has 0 aliphatic carbocycles. The molecule has 1 heterocycles. The van der Waals surface area contributed by atoms with Crippen LogP contribution in [0.15, 0.2) is 24.3 Å². The molecule has 160 valence electrons. The number of ether oxygens (including phenoxy) is 1. The van der Waals surface area contributed by atoms with Gasteiger partial charge in [0.25, 0.3) is 11.6 Å². The van der Waals surface area contributed by atoms with Crippen LogP contribution in [-0.2, 0) is 16.3 Å². The lowest BCUT2D eigenvalue weighted by Gasteiger charge is -2.44. The third kappa shape index (κ3) is 2.82. The van der Waals surface area contributed by atoms with Crippen molar-refractivity contribution in [3.8, 4) is 0 Å². The van der Waals surface area contributed by atoms with Gasteiger partial charge in [0.1, 0.15) is 0 Å². The molecule has 5 nitrogen and oxygen atoms in total. The molecule has 0 saturated heterocycles. The van der Waals surface area contributed by atoms with Crippen molar-refractivity contribution < 1.29 is 41.3 Å². The zero-order valence-corrected chi connectivity index (χ0v) is 15.8. The van der Waals surface area contributed by atoms with Crippen LogP contribution in [0.25, 0.3) is 10.8 Å². The van der Waals surface area contributed by atoms with Crippen molar-refractivity contribution in [2.75, 3.05) is 38.0 Å². The minimum Gasteiger partial charge on any atom is -0.377 e. The number of halogens is 6. The zero-order valence-electron chi connectivity index (χ0n) is 15.8. The summed E-state index contributed by atoms with van der Waals surface area (Å²) in [6.45, 7) is 0. The van der Waals surface area contributed by atoms with Crippen molar-refractivity contribution in [1.29, 1.82) is 0 Å². The minimum atomic E-state index is -5.66. The molecule has 29 heavy (non-hydrogen) atoms. The Balaban J connectivity index is 2.62. The van der Waals surface area contributed by atoms with Crippen LogP contribution in [0, 0.1) is 0 Å². The van der Waals surface area contributed by atoms with E-state index in [0.717, 1.165) is 12.1 Å². The number of hydrogen-bond donors (Lipinski definition) is 2. The Bertz CT molecular complexity index is 900. The lowest BCUT2D eigenvalue weighted by atomic mass is 9.85. The SMILES string of the molecule is CN(C)c1ccc2c3c(ccc(N(C)C)c13)[C@](O)(C(F)(F)F)O[C@]2(O)C(F)(F)F.